The minimum Gasteiger partial charge on any atom is -0.394 e. The number of aliphatic hydroxyl groups excluding tert-OH is 1. The lowest BCUT2D eigenvalue weighted by molar-refractivity contribution is 0.266. The molecule has 0 amide bonds. The van der Waals surface area contributed by atoms with Crippen LogP contribution in [0.3, 0.4) is 0 Å². The van der Waals surface area contributed by atoms with Gasteiger partial charge in [0.15, 0.2) is 5.82 Å². The molecule has 0 spiro atoms. The van der Waals surface area contributed by atoms with Crippen LogP contribution in [0.1, 0.15) is 18.4 Å². The van der Waals surface area contributed by atoms with Crippen molar-refractivity contribution in [3.8, 4) is 11.3 Å². The van der Waals surface area contributed by atoms with Crippen molar-refractivity contribution in [1.82, 2.24) is 10.2 Å². The Morgan fingerprint density at radius 2 is 2.15 bits per heavy atom. The van der Waals surface area contributed by atoms with Crippen LogP contribution in [0.25, 0.3) is 11.3 Å². The van der Waals surface area contributed by atoms with Crippen LogP contribution in [-0.4, -0.2) is 34.5 Å². The lowest BCUT2D eigenvalue weighted by Gasteiger charge is -2.23. The van der Waals surface area contributed by atoms with Crippen LogP contribution < -0.4 is 4.90 Å². The second-order valence-electron chi connectivity index (χ2n) is 5.32. The van der Waals surface area contributed by atoms with Gasteiger partial charge in [-0.3, -0.25) is 0 Å². The lowest BCUT2D eigenvalue weighted by atomic mass is 10.1. The molecule has 1 aliphatic heterocycles. The fourth-order valence-electron chi connectivity index (χ4n) is 2.76. The molecule has 104 valence electrons. The van der Waals surface area contributed by atoms with Crippen molar-refractivity contribution < 1.29 is 5.11 Å². The zero-order chi connectivity index (χ0) is 13.9. The van der Waals surface area contributed by atoms with Crippen LogP contribution in [0.4, 0.5) is 5.82 Å². The Labute approximate surface area is 119 Å². The monoisotopic (exact) mass is 269 g/mol. The van der Waals surface area contributed by atoms with Crippen molar-refractivity contribution in [2.75, 3.05) is 18.1 Å². The summed E-state index contributed by atoms with van der Waals surface area (Å²) in [6.07, 6.45) is 2.13. The Morgan fingerprint density at radius 1 is 1.25 bits per heavy atom. The van der Waals surface area contributed by atoms with Gasteiger partial charge in [0.05, 0.1) is 18.3 Å². The van der Waals surface area contributed by atoms with E-state index < -0.39 is 0 Å². The molecule has 2 heterocycles. The quantitative estimate of drug-likeness (QED) is 0.929. The van der Waals surface area contributed by atoms with Gasteiger partial charge in [-0.05, 0) is 38.0 Å². The third-order valence-electron chi connectivity index (χ3n) is 3.85. The predicted molar refractivity (Wildman–Crippen MR) is 79.7 cm³/mol. The Bertz CT molecular complexity index is 583. The van der Waals surface area contributed by atoms with Gasteiger partial charge >= 0.3 is 0 Å². The van der Waals surface area contributed by atoms with E-state index in [9.17, 15) is 5.11 Å². The molecule has 1 unspecified atom stereocenters. The van der Waals surface area contributed by atoms with E-state index in [-0.39, 0.29) is 12.6 Å². The summed E-state index contributed by atoms with van der Waals surface area (Å²) in [4.78, 5) is 2.15. The van der Waals surface area contributed by atoms with Gasteiger partial charge in [-0.1, -0.05) is 23.8 Å². The van der Waals surface area contributed by atoms with Crippen molar-refractivity contribution in [2.45, 2.75) is 25.8 Å². The number of hydrogen-bond donors (Lipinski definition) is 1. The molecule has 0 saturated carbocycles. The number of anilines is 1. The van der Waals surface area contributed by atoms with Crippen LogP contribution in [0.5, 0.6) is 0 Å². The van der Waals surface area contributed by atoms with Crippen molar-refractivity contribution >= 4 is 5.82 Å². The van der Waals surface area contributed by atoms with E-state index in [1.165, 1.54) is 5.56 Å². The molecule has 20 heavy (non-hydrogen) atoms. The highest BCUT2D eigenvalue weighted by Gasteiger charge is 2.25. The van der Waals surface area contributed by atoms with Crippen LogP contribution in [-0.2, 0) is 0 Å². The molecule has 1 saturated heterocycles. The number of nitrogens with zero attached hydrogens (tertiary/aromatic N) is 3. The summed E-state index contributed by atoms with van der Waals surface area (Å²) >= 11 is 0. The first-order valence-corrected chi connectivity index (χ1v) is 7.06. The molecular weight excluding hydrogens is 250 g/mol. The molecule has 0 radical (unpaired) electrons. The Kier molecular flexibility index (Phi) is 3.65. The number of benzene rings is 1. The van der Waals surface area contributed by atoms with Crippen LogP contribution in [0.2, 0.25) is 0 Å². The van der Waals surface area contributed by atoms with Gasteiger partial charge in [0.25, 0.3) is 0 Å². The second kappa shape index (κ2) is 5.59. The first-order chi connectivity index (χ1) is 9.78. The number of rotatable bonds is 3. The maximum atomic E-state index is 9.37. The fourth-order valence-corrected chi connectivity index (χ4v) is 2.76. The van der Waals surface area contributed by atoms with Crippen LogP contribution in [0.15, 0.2) is 36.4 Å². The smallest absolute Gasteiger partial charge is 0.151 e. The lowest BCUT2D eigenvalue weighted by Crippen LogP contribution is -2.32. The van der Waals surface area contributed by atoms with Crippen molar-refractivity contribution in [1.29, 1.82) is 0 Å². The maximum Gasteiger partial charge on any atom is 0.151 e. The van der Waals surface area contributed by atoms with E-state index in [0.717, 1.165) is 36.5 Å². The molecule has 4 nitrogen and oxygen atoms in total. The third-order valence-corrected chi connectivity index (χ3v) is 3.85. The second-order valence-corrected chi connectivity index (χ2v) is 5.32. The molecule has 3 rings (SSSR count). The molecule has 1 N–H and O–H groups in total. The standard InChI is InChI=1S/C16H19N3O/c1-12-4-2-5-13(10-12)15-7-8-16(18-17-15)19-9-3-6-14(19)11-20/h2,4-5,7-8,10,14,20H,3,6,9,11H2,1H3. The number of aryl methyl sites for hydroxylation is 1. The average molecular weight is 269 g/mol. The average Bonchev–Trinajstić information content (AvgIpc) is 2.96. The minimum absolute atomic E-state index is 0.182. The van der Waals surface area contributed by atoms with Gasteiger partial charge in [0, 0.05) is 12.1 Å². The SMILES string of the molecule is Cc1cccc(-c2ccc(N3CCCC3CO)nn2)c1. The van der Waals surface area contributed by atoms with E-state index in [0.29, 0.717) is 0 Å². The number of hydrogen-bond acceptors (Lipinski definition) is 4. The largest absolute Gasteiger partial charge is 0.394 e. The molecule has 0 aliphatic carbocycles. The summed E-state index contributed by atoms with van der Waals surface area (Å²) in [5.41, 5.74) is 3.19. The zero-order valence-electron chi connectivity index (χ0n) is 11.7. The maximum absolute atomic E-state index is 9.37. The number of aromatic nitrogens is 2. The van der Waals surface area contributed by atoms with Gasteiger partial charge in [-0.15, -0.1) is 10.2 Å². The van der Waals surface area contributed by atoms with Crippen LogP contribution in [0, 0.1) is 6.92 Å². The summed E-state index contributed by atoms with van der Waals surface area (Å²) in [6.45, 7) is 3.20. The fraction of sp³-hybridized carbons (Fsp3) is 0.375. The van der Waals surface area contributed by atoms with Gasteiger partial charge in [-0.25, -0.2) is 0 Å². The normalized spacial score (nSPS) is 18.5. The van der Waals surface area contributed by atoms with E-state index >= 15 is 0 Å². The summed E-state index contributed by atoms with van der Waals surface area (Å²) in [5, 5.41) is 18.0. The van der Waals surface area contributed by atoms with Crippen LogP contribution >= 0.6 is 0 Å². The number of aliphatic hydroxyl groups is 1. The Hall–Kier alpha value is -1.94. The zero-order valence-corrected chi connectivity index (χ0v) is 11.7. The highest BCUT2D eigenvalue weighted by molar-refractivity contribution is 5.60. The molecule has 1 aromatic carbocycles. The Morgan fingerprint density at radius 3 is 2.85 bits per heavy atom. The van der Waals surface area contributed by atoms with Crippen molar-refractivity contribution in [2.24, 2.45) is 0 Å². The Balaban J connectivity index is 1.84. The molecule has 1 fully saturated rings. The van der Waals surface area contributed by atoms with E-state index in [2.05, 4.69) is 34.2 Å². The van der Waals surface area contributed by atoms with E-state index in [4.69, 9.17) is 0 Å². The van der Waals surface area contributed by atoms with Gasteiger partial charge < -0.3 is 10.0 Å². The van der Waals surface area contributed by atoms with E-state index in [1.54, 1.807) is 0 Å². The highest BCUT2D eigenvalue weighted by Crippen LogP contribution is 2.25. The van der Waals surface area contributed by atoms with Gasteiger partial charge in [0.1, 0.15) is 0 Å². The highest BCUT2D eigenvalue weighted by atomic mass is 16.3. The summed E-state index contributed by atoms with van der Waals surface area (Å²) in [6, 6.07) is 12.4. The summed E-state index contributed by atoms with van der Waals surface area (Å²) < 4.78 is 0. The first-order valence-electron chi connectivity index (χ1n) is 7.06. The summed E-state index contributed by atoms with van der Waals surface area (Å²) in [5.74, 6) is 0.859. The summed E-state index contributed by atoms with van der Waals surface area (Å²) in [7, 11) is 0. The van der Waals surface area contributed by atoms with Gasteiger partial charge in [-0.2, -0.15) is 0 Å². The molecule has 1 aromatic heterocycles. The molecule has 1 atom stereocenters. The van der Waals surface area contributed by atoms with Gasteiger partial charge in [0.2, 0.25) is 0 Å². The predicted octanol–water partition coefficient (Wildman–Crippen LogP) is 2.41. The van der Waals surface area contributed by atoms with E-state index in [1.807, 2.05) is 24.3 Å². The molecule has 4 heteroatoms. The molecule has 0 bridgehead atoms. The minimum atomic E-state index is 0.182. The third kappa shape index (κ3) is 2.51. The molecule has 2 aromatic rings. The van der Waals surface area contributed by atoms with Crippen molar-refractivity contribution in [3.63, 3.8) is 0 Å². The first kappa shape index (κ1) is 13.1. The molecule has 1 aliphatic rings. The molecular formula is C16H19N3O. The topological polar surface area (TPSA) is 49.2 Å². The van der Waals surface area contributed by atoms with Crippen molar-refractivity contribution in [3.05, 3.63) is 42.0 Å².